The molecule has 0 bridgehead atoms. The van der Waals surface area contributed by atoms with Crippen LogP contribution in [0, 0.1) is 0 Å². The van der Waals surface area contributed by atoms with E-state index in [0.717, 1.165) is 12.8 Å². The van der Waals surface area contributed by atoms with Crippen LogP contribution in [0.2, 0.25) is 0 Å². The van der Waals surface area contributed by atoms with Gasteiger partial charge in [-0.05, 0) is 13.3 Å². The number of hydrogen-bond acceptors (Lipinski definition) is 2. The van der Waals surface area contributed by atoms with Gasteiger partial charge in [0.2, 0.25) is 0 Å². The molecule has 0 unspecified atom stereocenters. The predicted molar refractivity (Wildman–Crippen MR) is 35.3 cm³/mol. The average molecular weight is 130 g/mol. The first-order valence-electron chi connectivity index (χ1n) is 3.48. The zero-order valence-corrected chi connectivity index (χ0v) is 6.05. The molecule has 1 N–H and O–H groups in total. The molecule has 0 amide bonds. The molecule has 0 radical (unpaired) electrons. The summed E-state index contributed by atoms with van der Waals surface area (Å²) in [7, 11) is 0. The lowest BCUT2D eigenvalue weighted by Crippen LogP contribution is -2.21. The third-order valence-electron chi connectivity index (χ3n) is 2.04. The summed E-state index contributed by atoms with van der Waals surface area (Å²) in [6.07, 6.45) is 1.56. The third-order valence-corrected chi connectivity index (χ3v) is 2.04. The van der Waals surface area contributed by atoms with Gasteiger partial charge in [0.15, 0.2) is 0 Å². The van der Waals surface area contributed by atoms with Crippen LogP contribution in [0.1, 0.15) is 26.7 Å². The van der Waals surface area contributed by atoms with Gasteiger partial charge in [-0.3, -0.25) is 0 Å². The summed E-state index contributed by atoms with van der Waals surface area (Å²) in [6, 6.07) is 0. The molecule has 2 heteroatoms. The van der Waals surface area contributed by atoms with Crippen LogP contribution in [-0.2, 0) is 4.74 Å². The summed E-state index contributed by atoms with van der Waals surface area (Å²) in [4.78, 5) is 0. The van der Waals surface area contributed by atoms with Gasteiger partial charge in [-0.15, -0.1) is 0 Å². The van der Waals surface area contributed by atoms with Crippen LogP contribution in [0.4, 0.5) is 0 Å². The van der Waals surface area contributed by atoms with Crippen molar-refractivity contribution in [2.75, 3.05) is 6.61 Å². The van der Waals surface area contributed by atoms with E-state index in [-0.39, 0.29) is 11.7 Å². The van der Waals surface area contributed by atoms with Crippen molar-refractivity contribution in [1.29, 1.82) is 0 Å². The second-order valence-electron chi connectivity index (χ2n) is 2.97. The Kier molecular flexibility index (Phi) is 1.78. The van der Waals surface area contributed by atoms with Crippen molar-refractivity contribution in [1.82, 2.24) is 0 Å². The van der Waals surface area contributed by atoms with E-state index >= 15 is 0 Å². The molecule has 2 nitrogen and oxygen atoms in total. The van der Waals surface area contributed by atoms with Crippen molar-refractivity contribution < 1.29 is 9.84 Å². The quantitative estimate of drug-likeness (QED) is 0.572. The van der Waals surface area contributed by atoms with Gasteiger partial charge in [0.05, 0.1) is 18.3 Å². The maximum atomic E-state index is 9.07. The zero-order valence-electron chi connectivity index (χ0n) is 6.05. The fourth-order valence-corrected chi connectivity index (χ4v) is 1.16. The SMILES string of the molecule is CC[C@@]1(C)C[C@H](O)CO1. The highest BCUT2D eigenvalue weighted by atomic mass is 16.5. The molecule has 1 rings (SSSR count). The lowest BCUT2D eigenvalue weighted by Gasteiger charge is -2.19. The van der Waals surface area contributed by atoms with E-state index in [9.17, 15) is 0 Å². The first-order chi connectivity index (χ1) is 4.16. The van der Waals surface area contributed by atoms with Crippen molar-refractivity contribution in [2.45, 2.75) is 38.4 Å². The molecule has 1 heterocycles. The molecule has 9 heavy (non-hydrogen) atoms. The molecule has 0 saturated carbocycles. The molecule has 0 spiro atoms. The van der Waals surface area contributed by atoms with Gasteiger partial charge >= 0.3 is 0 Å². The smallest absolute Gasteiger partial charge is 0.0801 e. The fraction of sp³-hybridized carbons (Fsp3) is 1.00. The summed E-state index contributed by atoms with van der Waals surface area (Å²) < 4.78 is 5.35. The van der Waals surface area contributed by atoms with E-state index in [1.54, 1.807) is 0 Å². The normalized spacial score (nSPS) is 43.7. The number of aliphatic hydroxyl groups is 1. The monoisotopic (exact) mass is 130 g/mol. The molecule has 0 aromatic carbocycles. The van der Waals surface area contributed by atoms with Crippen LogP contribution in [0.5, 0.6) is 0 Å². The Morgan fingerprint density at radius 2 is 2.44 bits per heavy atom. The van der Waals surface area contributed by atoms with Crippen molar-refractivity contribution in [3.8, 4) is 0 Å². The van der Waals surface area contributed by atoms with Gasteiger partial charge in [0.25, 0.3) is 0 Å². The number of hydrogen-bond donors (Lipinski definition) is 1. The third kappa shape index (κ3) is 1.43. The molecule has 1 saturated heterocycles. The highest BCUT2D eigenvalue weighted by Gasteiger charge is 2.33. The summed E-state index contributed by atoms with van der Waals surface area (Å²) in [6.45, 7) is 4.64. The topological polar surface area (TPSA) is 29.5 Å². The average Bonchev–Trinajstić information content (AvgIpc) is 2.13. The molecule has 2 atom stereocenters. The Bertz CT molecular complexity index is 103. The Morgan fingerprint density at radius 3 is 2.67 bits per heavy atom. The van der Waals surface area contributed by atoms with Crippen molar-refractivity contribution in [3.05, 3.63) is 0 Å². The molecular formula is C7H14O2. The van der Waals surface area contributed by atoms with Gasteiger partial charge in [-0.2, -0.15) is 0 Å². The maximum absolute atomic E-state index is 9.07. The highest BCUT2D eigenvalue weighted by molar-refractivity contribution is 4.83. The van der Waals surface area contributed by atoms with Crippen LogP contribution in [-0.4, -0.2) is 23.4 Å². The van der Waals surface area contributed by atoms with E-state index in [4.69, 9.17) is 9.84 Å². The summed E-state index contributed by atoms with van der Waals surface area (Å²) in [5.41, 5.74) is -0.0422. The molecule has 1 aliphatic heterocycles. The Labute approximate surface area is 55.8 Å². The summed E-state index contributed by atoms with van der Waals surface area (Å²) >= 11 is 0. The fourth-order valence-electron chi connectivity index (χ4n) is 1.16. The van der Waals surface area contributed by atoms with Crippen LogP contribution in [0.15, 0.2) is 0 Å². The van der Waals surface area contributed by atoms with E-state index in [0.29, 0.717) is 6.61 Å². The maximum Gasteiger partial charge on any atom is 0.0801 e. The largest absolute Gasteiger partial charge is 0.391 e. The van der Waals surface area contributed by atoms with Crippen molar-refractivity contribution >= 4 is 0 Å². The Hall–Kier alpha value is -0.0800. The van der Waals surface area contributed by atoms with Crippen LogP contribution >= 0.6 is 0 Å². The van der Waals surface area contributed by atoms with Gasteiger partial charge in [-0.25, -0.2) is 0 Å². The second kappa shape index (κ2) is 2.27. The molecule has 0 aromatic heterocycles. The predicted octanol–water partition coefficient (Wildman–Crippen LogP) is 0.936. The molecule has 1 aliphatic rings. The first-order valence-corrected chi connectivity index (χ1v) is 3.48. The van der Waals surface area contributed by atoms with Crippen LogP contribution in [0.3, 0.4) is 0 Å². The Morgan fingerprint density at radius 1 is 1.78 bits per heavy atom. The molecule has 0 aromatic rings. The molecule has 54 valence electrons. The van der Waals surface area contributed by atoms with Crippen LogP contribution < -0.4 is 0 Å². The van der Waals surface area contributed by atoms with Gasteiger partial charge in [-0.1, -0.05) is 6.92 Å². The summed E-state index contributed by atoms with van der Waals surface area (Å²) in [5, 5.41) is 9.07. The second-order valence-corrected chi connectivity index (χ2v) is 2.97. The lowest BCUT2D eigenvalue weighted by atomic mass is 9.99. The van der Waals surface area contributed by atoms with E-state index in [2.05, 4.69) is 6.92 Å². The van der Waals surface area contributed by atoms with E-state index in [1.165, 1.54) is 0 Å². The summed E-state index contributed by atoms with van der Waals surface area (Å²) in [5.74, 6) is 0. The number of aliphatic hydroxyl groups excluding tert-OH is 1. The minimum absolute atomic E-state index is 0.0422. The Balaban J connectivity index is 2.45. The van der Waals surface area contributed by atoms with Gasteiger partial charge < -0.3 is 9.84 Å². The van der Waals surface area contributed by atoms with E-state index < -0.39 is 0 Å². The van der Waals surface area contributed by atoms with Crippen LogP contribution in [0.25, 0.3) is 0 Å². The number of ether oxygens (including phenoxy) is 1. The molecule has 1 fully saturated rings. The van der Waals surface area contributed by atoms with Crippen molar-refractivity contribution in [3.63, 3.8) is 0 Å². The minimum atomic E-state index is -0.227. The number of rotatable bonds is 1. The highest BCUT2D eigenvalue weighted by Crippen LogP contribution is 2.27. The molecule has 0 aliphatic carbocycles. The van der Waals surface area contributed by atoms with Gasteiger partial charge in [0, 0.05) is 6.42 Å². The lowest BCUT2D eigenvalue weighted by molar-refractivity contribution is 0.0132. The van der Waals surface area contributed by atoms with Gasteiger partial charge in [0.1, 0.15) is 0 Å². The molecular weight excluding hydrogens is 116 g/mol. The standard InChI is InChI=1S/C7H14O2/c1-3-7(2)4-6(8)5-9-7/h6,8H,3-5H2,1-2H3/t6-,7-/m0/s1. The minimum Gasteiger partial charge on any atom is -0.391 e. The van der Waals surface area contributed by atoms with E-state index in [1.807, 2.05) is 6.92 Å². The van der Waals surface area contributed by atoms with Crippen molar-refractivity contribution in [2.24, 2.45) is 0 Å². The zero-order chi connectivity index (χ0) is 6.91. The first kappa shape index (κ1) is 7.03.